The lowest BCUT2D eigenvalue weighted by molar-refractivity contribution is -0.131. The Morgan fingerprint density at radius 2 is 1.95 bits per heavy atom. The van der Waals surface area contributed by atoms with Crippen LogP contribution in [0.5, 0.6) is 0 Å². The molecule has 1 aromatic carbocycles. The van der Waals surface area contributed by atoms with Gasteiger partial charge < -0.3 is 10.0 Å². The summed E-state index contributed by atoms with van der Waals surface area (Å²) in [7, 11) is 0. The number of aliphatic carboxylic acids is 1. The summed E-state index contributed by atoms with van der Waals surface area (Å²) in [5.74, 6) is -0.368. The highest BCUT2D eigenvalue weighted by molar-refractivity contribution is 5.87. The third kappa shape index (κ3) is 4.72. The molecule has 1 aromatic rings. The van der Waals surface area contributed by atoms with Crippen LogP contribution >= 0.6 is 0 Å². The summed E-state index contributed by atoms with van der Waals surface area (Å²) in [6.45, 7) is 11.7. The van der Waals surface area contributed by atoms with Gasteiger partial charge in [-0.2, -0.15) is 0 Å². The molecule has 0 spiro atoms. The van der Waals surface area contributed by atoms with Crippen molar-refractivity contribution in [3.05, 3.63) is 35.4 Å². The van der Waals surface area contributed by atoms with E-state index in [0.29, 0.717) is 12.0 Å². The van der Waals surface area contributed by atoms with Gasteiger partial charge in [0.15, 0.2) is 0 Å². The van der Waals surface area contributed by atoms with Crippen molar-refractivity contribution in [2.24, 2.45) is 5.92 Å². The third-order valence-corrected chi connectivity index (χ3v) is 3.08. The molecule has 0 atom stereocenters. The van der Waals surface area contributed by atoms with Gasteiger partial charge in [-0.05, 0) is 50.5 Å². The first-order valence-electron chi connectivity index (χ1n) is 7.09. The average molecular weight is 275 g/mol. The van der Waals surface area contributed by atoms with Crippen LogP contribution in [0.2, 0.25) is 0 Å². The van der Waals surface area contributed by atoms with Crippen LogP contribution in [-0.4, -0.2) is 23.7 Å². The molecule has 0 unspecified atom stereocenters. The van der Waals surface area contributed by atoms with Gasteiger partial charge in [0.1, 0.15) is 0 Å². The summed E-state index contributed by atoms with van der Waals surface area (Å²) >= 11 is 0. The molecule has 0 fully saturated rings. The number of carbonyl (C=O) groups is 1. The average Bonchev–Trinajstić information content (AvgIpc) is 2.33. The van der Waals surface area contributed by atoms with Gasteiger partial charge >= 0.3 is 5.97 Å². The fourth-order valence-corrected chi connectivity index (χ4v) is 2.21. The van der Waals surface area contributed by atoms with Gasteiger partial charge in [-0.15, -0.1) is 0 Å². The predicted octanol–water partition coefficient (Wildman–Crippen LogP) is 3.96. The number of hydrogen-bond donors (Lipinski definition) is 1. The fraction of sp³-hybridized carbons (Fsp3) is 0.471. The maximum atomic E-state index is 10.7. The van der Waals surface area contributed by atoms with Crippen molar-refractivity contribution < 1.29 is 9.90 Å². The monoisotopic (exact) mass is 275 g/mol. The van der Waals surface area contributed by atoms with Crippen LogP contribution in [0.25, 0.3) is 6.08 Å². The van der Waals surface area contributed by atoms with Crippen molar-refractivity contribution in [2.45, 2.75) is 40.7 Å². The quantitative estimate of drug-likeness (QED) is 0.799. The molecule has 3 nitrogen and oxygen atoms in total. The maximum Gasteiger partial charge on any atom is 0.328 e. The van der Waals surface area contributed by atoms with E-state index in [9.17, 15) is 4.79 Å². The molecule has 0 radical (unpaired) electrons. The molecule has 0 heterocycles. The van der Waals surface area contributed by atoms with E-state index in [1.54, 1.807) is 6.08 Å². The maximum absolute atomic E-state index is 10.7. The molecule has 0 aromatic heterocycles. The summed E-state index contributed by atoms with van der Waals surface area (Å²) < 4.78 is 0. The van der Waals surface area contributed by atoms with Crippen LogP contribution in [-0.2, 0) is 4.79 Å². The SMILES string of the molecule is Cc1ccc(N(CC(C)C)C(C)C)c(/C=C/C(=O)O)c1. The molecular formula is C17H25NO2. The molecule has 0 saturated heterocycles. The number of carboxylic acids is 1. The van der Waals surface area contributed by atoms with E-state index in [1.807, 2.05) is 13.0 Å². The molecule has 1 rings (SSSR count). The van der Waals surface area contributed by atoms with Crippen molar-refractivity contribution in [1.29, 1.82) is 0 Å². The van der Waals surface area contributed by atoms with Crippen molar-refractivity contribution in [3.63, 3.8) is 0 Å². The molecule has 0 saturated carbocycles. The summed E-state index contributed by atoms with van der Waals surface area (Å²) in [5.41, 5.74) is 3.19. The first kappa shape index (κ1) is 16.3. The number of hydrogen-bond acceptors (Lipinski definition) is 2. The summed E-state index contributed by atoms with van der Waals surface area (Å²) in [4.78, 5) is 13.1. The first-order valence-corrected chi connectivity index (χ1v) is 7.09. The van der Waals surface area contributed by atoms with Crippen LogP contribution in [0.15, 0.2) is 24.3 Å². The number of rotatable bonds is 6. The number of nitrogens with zero attached hydrogens (tertiary/aromatic N) is 1. The van der Waals surface area contributed by atoms with E-state index in [2.05, 4.69) is 44.7 Å². The molecule has 1 N–H and O–H groups in total. The fourth-order valence-electron chi connectivity index (χ4n) is 2.21. The van der Waals surface area contributed by atoms with Crippen LogP contribution in [0.4, 0.5) is 5.69 Å². The van der Waals surface area contributed by atoms with Crippen LogP contribution < -0.4 is 4.90 Å². The van der Waals surface area contributed by atoms with Gasteiger partial charge in [0, 0.05) is 24.4 Å². The lowest BCUT2D eigenvalue weighted by Crippen LogP contribution is -2.34. The highest BCUT2D eigenvalue weighted by Gasteiger charge is 2.15. The van der Waals surface area contributed by atoms with Gasteiger partial charge in [0.2, 0.25) is 0 Å². The zero-order valence-corrected chi connectivity index (χ0v) is 13.1. The first-order chi connectivity index (χ1) is 9.31. The van der Waals surface area contributed by atoms with Gasteiger partial charge in [-0.1, -0.05) is 25.5 Å². The largest absolute Gasteiger partial charge is 0.478 e. The summed E-state index contributed by atoms with van der Waals surface area (Å²) in [6.07, 6.45) is 2.88. The lowest BCUT2D eigenvalue weighted by atomic mass is 10.0. The summed E-state index contributed by atoms with van der Waals surface area (Å²) in [6, 6.07) is 6.56. The molecule has 3 heteroatoms. The molecule has 0 amide bonds. The normalized spacial score (nSPS) is 11.6. The Kier molecular flexibility index (Phi) is 5.81. The van der Waals surface area contributed by atoms with Crippen molar-refractivity contribution in [1.82, 2.24) is 0 Å². The van der Waals surface area contributed by atoms with Gasteiger partial charge in [0.25, 0.3) is 0 Å². The lowest BCUT2D eigenvalue weighted by Gasteiger charge is -2.32. The second-order valence-corrected chi connectivity index (χ2v) is 5.87. The summed E-state index contributed by atoms with van der Waals surface area (Å²) in [5, 5.41) is 8.83. The number of anilines is 1. The molecule has 110 valence electrons. The zero-order valence-electron chi connectivity index (χ0n) is 13.1. The van der Waals surface area contributed by atoms with E-state index in [4.69, 9.17) is 5.11 Å². The molecule has 0 aliphatic carbocycles. The van der Waals surface area contributed by atoms with E-state index in [0.717, 1.165) is 23.4 Å². The standard InChI is InChI=1S/C17H25NO2/c1-12(2)11-18(13(3)4)16-8-6-14(5)10-15(16)7-9-17(19)20/h6-10,12-13H,11H2,1-5H3,(H,19,20)/b9-7+. The van der Waals surface area contributed by atoms with E-state index in [-0.39, 0.29) is 0 Å². The molecule has 0 aliphatic rings. The number of carboxylic acid groups (broad SMARTS) is 1. The van der Waals surface area contributed by atoms with Gasteiger partial charge in [-0.3, -0.25) is 0 Å². The highest BCUT2D eigenvalue weighted by Crippen LogP contribution is 2.26. The Hall–Kier alpha value is -1.77. The highest BCUT2D eigenvalue weighted by atomic mass is 16.4. The molecule has 0 bridgehead atoms. The topological polar surface area (TPSA) is 40.5 Å². The zero-order chi connectivity index (χ0) is 15.3. The Morgan fingerprint density at radius 3 is 2.45 bits per heavy atom. The minimum absolute atomic E-state index is 0.372. The predicted molar refractivity (Wildman–Crippen MR) is 85.2 cm³/mol. The minimum Gasteiger partial charge on any atom is -0.478 e. The third-order valence-electron chi connectivity index (χ3n) is 3.08. The Bertz CT molecular complexity index is 490. The second-order valence-electron chi connectivity index (χ2n) is 5.87. The van der Waals surface area contributed by atoms with Crippen LogP contribution in [0, 0.1) is 12.8 Å². The Morgan fingerprint density at radius 1 is 1.30 bits per heavy atom. The van der Waals surface area contributed by atoms with Crippen LogP contribution in [0.1, 0.15) is 38.8 Å². The second kappa shape index (κ2) is 7.13. The Balaban J connectivity index is 3.22. The van der Waals surface area contributed by atoms with Crippen molar-refractivity contribution in [3.8, 4) is 0 Å². The Labute approximate surface area is 121 Å². The van der Waals surface area contributed by atoms with Gasteiger partial charge in [-0.25, -0.2) is 4.79 Å². The number of aryl methyl sites for hydroxylation is 1. The van der Waals surface area contributed by atoms with Gasteiger partial charge in [0.05, 0.1) is 0 Å². The van der Waals surface area contributed by atoms with Crippen molar-refractivity contribution in [2.75, 3.05) is 11.4 Å². The van der Waals surface area contributed by atoms with E-state index in [1.165, 1.54) is 6.08 Å². The minimum atomic E-state index is -0.919. The van der Waals surface area contributed by atoms with E-state index < -0.39 is 5.97 Å². The number of benzene rings is 1. The van der Waals surface area contributed by atoms with E-state index >= 15 is 0 Å². The van der Waals surface area contributed by atoms with Crippen LogP contribution in [0.3, 0.4) is 0 Å². The van der Waals surface area contributed by atoms with Crippen molar-refractivity contribution >= 4 is 17.7 Å². The molecule has 0 aliphatic heterocycles. The molecular weight excluding hydrogens is 250 g/mol. The smallest absolute Gasteiger partial charge is 0.328 e. The molecule has 20 heavy (non-hydrogen) atoms.